The van der Waals surface area contributed by atoms with Crippen LogP contribution in [0.1, 0.15) is 28.8 Å². The second-order valence-corrected chi connectivity index (χ2v) is 8.75. The molecule has 0 bridgehead atoms. The Hall–Kier alpha value is -2.37. The first-order chi connectivity index (χ1) is 13.9. The van der Waals surface area contributed by atoms with E-state index in [9.17, 15) is 9.59 Å². The van der Waals surface area contributed by atoms with Crippen molar-refractivity contribution >= 4 is 29.1 Å². The van der Waals surface area contributed by atoms with Gasteiger partial charge in [-0.25, -0.2) is 0 Å². The van der Waals surface area contributed by atoms with Gasteiger partial charge in [0.25, 0.3) is 5.91 Å². The van der Waals surface area contributed by atoms with E-state index < -0.39 is 0 Å². The quantitative estimate of drug-likeness (QED) is 0.777. The van der Waals surface area contributed by atoms with Gasteiger partial charge in [0, 0.05) is 41.3 Å². The van der Waals surface area contributed by atoms with Crippen LogP contribution in [0.5, 0.6) is 0 Å². The molecule has 0 unspecified atom stereocenters. The van der Waals surface area contributed by atoms with Crippen LogP contribution in [0, 0.1) is 0 Å². The molecule has 152 valence electrons. The van der Waals surface area contributed by atoms with Gasteiger partial charge < -0.3 is 14.7 Å². The number of carbonyl (C=O) groups excluding carboxylic acids is 2. The van der Waals surface area contributed by atoms with Crippen molar-refractivity contribution in [2.45, 2.75) is 18.3 Å². The lowest BCUT2D eigenvalue weighted by Gasteiger charge is -2.40. The van der Waals surface area contributed by atoms with Crippen LogP contribution < -0.4 is 4.90 Å². The molecule has 0 atom stereocenters. The smallest absolute Gasteiger partial charge is 0.253 e. The summed E-state index contributed by atoms with van der Waals surface area (Å²) < 4.78 is 0. The number of amides is 2. The normalized spacial score (nSPS) is 17.7. The summed E-state index contributed by atoms with van der Waals surface area (Å²) >= 11 is 6.32. The van der Waals surface area contributed by atoms with Crippen LogP contribution >= 0.6 is 11.6 Å². The minimum atomic E-state index is -0.143. The van der Waals surface area contributed by atoms with Crippen molar-refractivity contribution < 1.29 is 9.59 Å². The highest BCUT2D eigenvalue weighted by molar-refractivity contribution is 6.30. The number of nitrogens with zero attached hydrogens (tertiary/aromatic N) is 3. The van der Waals surface area contributed by atoms with Gasteiger partial charge in [-0.15, -0.1) is 0 Å². The number of hydrogen-bond donors (Lipinski definition) is 0. The fourth-order valence-electron chi connectivity index (χ4n) is 4.55. The molecule has 2 aromatic rings. The van der Waals surface area contributed by atoms with E-state index in [1.54, 1.807) is 0 Å². The number of benzene rings is 2. The first-order valence-corrected chi connectivity index (χ1v) is 10.4. The van der Waals surface area contributed by atoms with E-state index in [2.05, 4.69) is 0 Å². The Bertz CT molecular complexity index is 921. The van der Waals surface area contributed by atoms with Crippen LogP contribution in [0.25, 0.3) is 0 Å². The Kier molecular flexibility index (Phi) is 5.36. The largest absolute Gasteiger partial charge is 0.339 e. The molecule has 0 N–H and O–H groups in total. The Morgan fingerprint density at radius 3 is 2.41 bits per heavy atom. The van der Waals surface area contributed by atoms with E-state index in [4.69, 9.17) is 11.6 Å². The maximum Gasteiger partial charge on any atom is 0.253 e. The van der Waals surface area contributed by atoms with Crippen LogP contribution in [0.15, 0.2) is 48.5 Å². The molecule has 6 heteroatoms. The highest BCUT2D eigenvalue weighted by atomic mass is 35.5. The van der Waals surface area contributed by atoms with Crippen LogP contribution in [0.3, 0.4) is 0 Å². The zero-order chi connectivity index (χ0) is 20.6. The molecular weight excluding hydrogens is 386 g/mol. The zero-order valence-corrected chi connectivity index (χ0v) is 17.7. The molecule has 0 aromatic heterocycles. The fraction of sp³-hybridized carbons (Fsp3) is 0.391. The molecule has 1 fully saturated rings. The van der Waals surface area contributed by atoms with Gasteiger partial charge in [0.1, 0.15) is 0 Å². The van der Waals surface area contributed by atoms with E-state index in [1.165, 1.54) is 0 Å². The summed E-state index contributed by atoms with van der Waals surface area (Å²) in [5.74, 6) is 0.170. The van der Waals surface area contributed by atoms with Crippen molar-refractivity contribution in [1.82, 2.24) is 9.80 Å². The number of anilines is 1. The fourth-order valence-corrected chi connectivity index (χ4v) is 4.72. The van der Waals surface area contributed by atoms with Gasteiger partial charge >= 0.3 is 0 Å². The summed E-state index contributed by atoms with van der Waals surface area (Å²) in [6.45, 7) is 2.38. The molecule has 1 saturated heterocycles. The minimum Gasteiger partial charge on any atom is -0.339 e. The lowest BCUT2D eigenvalue weighted by molar-refractivity contribution is -0.119. The molecule has 0 saturated carbocycles. The monoisotopic (exact) mass is 411 g/mol. The third kappa shape index (κ3) is 3.77. The molecule has 5 nitrogen and oxygen atoms in total. The van der Waals surface area contributed by atoms with Gasteiger partial charge in [-0.05, 0) is 62.8 Å². The molecule has 2 aliphatic heterocycles. The van der Waals surface area contributed by atoms with Crippen molar-refractivity contribution in [3.8, 4) is 0 Å². The number of rotatable bonds is 3. The highest BCUT2D eigenvalue weighted by Crippen LogP contribution is 2.48. The molecular formula is C23H26ClN3O2. The Morgan fingerprint density at radius 2 is 1.76 bits per heavy atom. The predicted molar refractivity (Wildman–Crippen MR) is 116 cm³/mol. The number of likely N-dealkylation sites (tertiary alicyclic amines) is 1. The van der Waals surface area contributed by atoms with E-state index in [1.807, 2.05) is 77.3 Å². The average molecular weight is 412 g/mol. The molecule has 2 aliphatic rings. The molecule has 4 rings (SSSR count). The molecule has 2 heterocycles. The van der Waals surface area contributed by atoms with Crippen LogP contribution in [0.2, 0.25) is 5.02 Å². The second-order valence-electron chi connectivity index (χ2n) is 8.32. The van der Waals surface area contributed by atoms with E-state index in [-0.39, 0.29) is 17.2 Å². The summed E-state index contributed by atoms with van der Waals surface area (Å²) in [5.41, 5.74) is 2.68. The van der Waals surface area contributed by atoms with E-state index >= 15 is 0 Å². The number of carbonyl (C=O) groups is 2. The number of fused-ring (bicyclic) bond motifs is 2. The summed E-state index contributed by atoms with van der Waals surface area (Å²) in [7, 11) is 3.81. The minimum absolute atomic E-state index is 0.0744. The van der Waals surface area contributed by atoms with Gasteiger partial charge in [-0.2, -0.15) is 0 Å². The Morgan fingerprint density at radius 1 is 1.07 bits per heavy atom. The number of likely N-dealkylation sites (N-methyl/N-ethyl adjacent to an activating group) is 1. The van der Waals surface area contributed by atoms with Crippen LogP contribution in [0.4, 0.5) is 5.69 Å². The van der Waals surface area contributed by atoms with E-state index in [0.29, 0.717) is 31.2 Å². The number of hydrogen-bond acceptors (Lipinski definition) is 3. The van der Waals surface area contributed by atoms with Gasteiger partial charge in [-0.1, -0.05) is 29.8 Å². The third-order valence-corrected chi connectivity index (χ3v) is 6.30. The highest BCUT2D eigenvalue weighted by Gasteiger charge is 2.47. The van der Waals surface area contributed by atoms with Crippen molar-refractivity contribution in [1.29, 1.82) is 0 Å². The molecule has 29 heavy (non-hydrogen) atoms. The summed E-state index contributed by atoms with van der Waals surface area (Å²) in [6, 6.07) is 15.2. The van der Waals surface area contributed by atoms with E-state index in [0.717, 1.165) is 29.7 Å². The third-order valence-electron chi connectivity index (χ3n) is 6.06. The predicted octanol–water partition coefficient (Wildman–Crippen LogP) is 3.42. The zero-order valence-electron chi connectivity index (χ0n) is 16.9. The lowest BCUT2D eigenvalue weighted by Crippen LogP contribution is -2.48. The Balaban J connectivity index is 1.57. The van der Waals surface area contributed by atoms with Gasteiger partial charge in [0.2, 0.25) is 5.91 Å². The summed E-state index contributed by atoms with van der Waals surface area (Å²) in [5, 5.41) is 0.688. The Labute approximate surface area is 176 Å². The summed E-state index contributed by atoms with van der Waals surface area (Å²) in [4.78, 5) is 31.4. The van der Waals surface area contributed by atoms with Crippen LogP contribution in [-0.2, 0) is 10.2 Å². The molecule has 2 aromatic carbocycles. The van der Waals surface area contributed by atoms with Crippen molar-refractivity contribution in [2.75, 3.05) is 45.2 Å². The maximum atomic E-state index is 12.9. The van der Waals surface area contributed by atoms with Crippen LogP contribution in [-0.4, -0.2) is 61.9 Å². The van der Waals surface area contributed by atoms with Crippen molar-refractivity contribution in [3.05, 3.63) is 64.7 Å². The maximum absolute atomic E-state index is 12.9. The molecule has 0 radical (unpaired) electrons. The van der Waals surface area contributed by atoms with Gasteiger partial charge in [0.05, 0.1) is 6.54 Å². The van der Waals surface area contributed by atoms with Crippen molar-refractivity contribution in [2.24, 2.45) is 0 Å². The van der Waals surface area contributed by atoms with Gasteiger partial charge in [-0.3, -0.25) is 9.59 Å². The second kappa shape index (κ2) is 7.81. The topological polar surface area (TPSA) is 43.9 Å². The summed E-state index contributed by atoms with van der Waals surface area (Å²) in [6.07, 6.45) is 1.65. The van der Waals surface area contributed by atoms with Gasteiger partial charge in [0.15, 0.2) is 0 Å². The first kappa shape index (κ1) is 19.9. The number of piperidine rings is 1. The molecule has 2 amide bonds. The molecule has 1 spiro atoms. The standard InChI is InChI=1S/C23H26ClN3O2/c1-25(2)15-21(28)27-16-23(19-14-18(24)8-9-20(19)27)10-12-26(13-11-23)22(29)17-6-4-3-5-7-17/h3-9,14H,10-13,15-16H2,1-2H3. The SMILES string of the molecule is CN(C)CC(=O)N1CC2(CCN(C(=O)c3ccccc3)CC2)c2cc(Cl)ccc21. The first-order valence-electron chi connectivity index (χ1n) is 9.99. The molecule has 0 aliphatic carbocycles. The number of halogens is 1. The van der Waals surface area contributed by atoms with Crippen molar-refractivity contribution in [3.63, 3.8) is 0 Å². The lowest BCUT2D eigenvalue weighted by atomic mass is 9.74. The average Bonchev–Trinajstić information content (AvgIpc) is 3.02.